The summed E-state index contributed by atoms with van der Waals surface area (Å²) in [6, 6.07) is 12.1. The van der Waals surface area contributed by atoms with Crippen molar-refractivity contribution < 1.29 is 9.15 Å². The maximum atomic E-state index is 5.57. The fourth-order valence-corrected chi connectivity index (χ4v) is 3.84. The molecule has 0 amide bonds. The second-order valence-electron chi connectivity index (χ2n) is 7.65. The molecule has 1 fully saturated rings. The fraction of sp³-hybridized carbons (Fsp3) is 0.348. The molecule has 4 heterocycles. The van der Waals surface area contributed by atoms with E-state index in [1.165, 1.54) is 5.56 Å². The zero-order valence-corrected chi connectivity index (χ0v) is 17.8. The smallest absolute Gasteiger partial charge is 0.227 e. The highest BCUT2D eigenvalue weighted by molar-refractivity contribution is 5.92. The summed E-state index contributed by atoms with van der Waals surface area (Å²) in [7, 11) is 0. The summed E-state index contributed by atoms with van der Waals surface area (Å²) in [5, 5.41) is 9.25. The average molecular weight is 419 g/mol. The summed E-state index contributed by atoms with van der Waals surface area (Å²) >= 11 is 0. The van der Waals surface area contributed by atoms with Crippen molar-refractivity contribution in [1.82, 2.24) is 19.7 Å². The minimum Gasteiger partial charge on any atom is -0.467 e. The van der Waals surface area contributed by atoms with Gasteiger partial charge in [-0.25, -0.2) is 4.68 Å². The maximum absolute atomic E-state index is 5.57. The normalized spacial score (nSPS) is 14.3. The quantitative estimate of drug-likeness (QED) is 0.511. The summed E-state index contributed by atoms with van der Waals surface area (Å²) in [6.07, 6.45) is 2.47. The molecule has 160 valence electrons. The lowest BCUT2D eigenvalue weighted by Crippen LogP contribution is -2.37. The molecule has 4 aromatic rings. The van der Waals surface area contributed by atoms with E-state index in [2.05, 4.69) is 48.3 Å². The van der Waals surface area contributed by atoms with Gasteiger partial charge in [0.2, 0.25) is 5.95 Å². The van der Waals surface area contributed by atoms with Crippen LogP contribution in [-0.4, -0.2) is 46.1 Å². The molecule has 0 aliphatic carbocycles. The van der Waals surface area contributed by atoms with E-state index >= 15 is 0 Å². The van der Waals surface area contributed by atoms with Crippen molar-refractivity contribution in [2.24, 2.45) is 0 Å². The molecule has 0 spiro atoms. The molecule has 0 saturated carbocycles. The van der Waals surface area contributed by atoms with Gasteiger partial charge in [-0.15, -0.1) is 0 Å². The number of morpholine rings is 1. The molecule has 0 unspecified atom stereocenters. The van der Waals surface area contributed by atoms with Gasteiger partial charge >= 0.3 is 0 Å². The molecule has 3 aromatic heterocycles. The Morgan fingerprint density at radius 1 is 1.06 bits per heavy atom. The molecule has 1 aliphatic heterocycles. The predicted molar refractivity (Wildman–Crippen MR) is 120 cm³/mol. The summed E-state index contributed by atoms with van der Waals surface area (Å²) in [6.45, 7) is 7.68. The lowest BCUT2D eigenvalue weighted by Gasteiger charge is -2.28. The Balaban J connectivity index is 1.65. The zero-order valence-electron chi connectivity index (χ0n) is 17.8. The van der Waals surface area contributed by atoms with Crippen LogP contribution in [0.3, 0.4) is 0 Å². The third-order valence-electron chi connectivity index (χ3n) is 5.51. The molecule has 5 rings (SSSR count). The monoisotopic (exact) mass is 418 g/mol. The highest BCUT2D eigenvalue weighted by Gasteiger charge is 2.23. The number of aromatic nitrogens is 4. The van der Waals surface area contributed by atoms with Crippen LogP contribution < -0.4 is 10.2 Å². The molecule has 1 saturated heterocycles. The van der Waals surface area contributed by atoms with Gasteiger partial charge in [0.1, 0.15) is 11.6 Å². The van der Waals surface area contributed by atoms with Gasteiger partial charge in [-0.3, -0.25) is 0 Å². The second kappa shape index (κ2) is 8.39. The lowest BCUT2D eigenvalue weighted by atomic mass is 10.2. The van der Waals surface area contributed by atoms with Crippen molar-refractivity contribution in [2.75, 3.05) is 36.5 Å². The molecular weight excluding hydrogens is 392 g/mol. The Hall–Kier alpha value is -3.39. The molecular formula is C23H26N6O2. The number of furan rings is 1. The SMILES string of the molecule is CCc1nn(-c2ccc(C)cc2)c2nc(NCc3ccco3)nc(N3CCOCC3)c12. The maximum Gasteiger partial charge on any atom is 0.227 e. The molecule has 1 N–H and O–H groups in total. The van der Waals surface area contributed by atoms with Crippen LogP contribution in [0.4, 0.5) is 11.8 Å². The van der Waals surface area contributed by atoms with Gasteiger partial charge in [0.15, 0.2) is 5.65 Å². The Morgan fingerprint density at radius 3 is 2.58 bits per heavy atom. The van der Waals surface area contributed by atoms with Crippen molar-refractivity contribution in [3.63, 3.8) is 0 Å². The van der Waals surface area contributed by atoms with Crippen LogP contribution in [0, 0.1) is 6.92 Å². The Morgan fingerprint density at radius 2 is 1.87 bits per heavy atom. The van der Waals surface area contributed by atoms with E-state index < -0.39 is 0 Å². The van der Waals surface area contributed by atoms with Crippen LogP contribution in [0.5, 0.6) is 0 Å². The Kier molecular flexibility index (Phi) is 5.30. The highest BCUT2D eigenvalue weighted by atomic mass is 16.5. The van der Waals surface area contributed by atoms with Gasteiger partial charge in [-0.05, 0) is 37.6 Å². The number of aryl methyl sites for hydroxylation is 2. The summed E-state index contributed by atoms with van der Waals surface area (Å²) in [5.74, 6) is 2.30. The van der Waals surface area contributed by atoms with Gasteiger partial charge in [-0.2, -0.15) is 15.1 Å². The number of hydrogen-bond acceptors (Lipinski definition) is 7. The fourth-order valence-electron chi connectivity index (χ4n) is 3.84. The summed E-state index contributed by atoms with van der Waals surface area (Å²) in [4.78, 5) is 12.1. The van der Waals surface area contributed by atoms with Crippen LogP contribution in [0.2, 0.25) is 0 Å². The largest absolute Gasteiger partial charge is 0.467 e. The van der Waals surface area contributed by atoms with Crippen LogP contribution >= 0.6 is 0 Å². The number of rotatable bonds is 6. The van der Waals surface area contributed by atoms with Crippen molar-refractivity contribution in [2.45, 2.75) is 26.8 Å². The van der Waals surface area contributed by atoms with Crippen LogP contribution in [0.15, 0.2) is 47.1 Å². The third-order valence-corrected chi connectivity index (χ3v) is 5.51. The van der Waals surface area contributed by atoms with Gasteiger partial charge in [0.25, 0.3) is 0 Å². The van der Waals surface area contributed by atoms with Gasteiger partial charge < -0.3 is 19.4 Å². The Labute approximate surface area is 180 Å². The predicted octanol–water partition coefficient (Wildman–Crippen LogP) is 3.73. The number of nitrogens with zero attached hydrogens (tertiary/aromatic N) is 5. The number of fused-ring (bicyclic) bond motifs is 1. The summed E-state index contributed by atoms with van der Waals surface area (Å²) < 4.78 is 12.9. The lowest BCUT2D eigenvalue weighted by molar-refractivity contribution is 0.122. The first-order valence-electron chi connectivity index (χ1n) is 10.7. The van der Waals surface area contributed by atoms with Crippen molar-refractivity contribution in [3.05, 3.63) is 59.7 Å². The topological polar surface area (TPSA) is 81.2 Å². The van der Waals surface area contributed by atoms with Gasteiger partial charge in [0, 0.05) is 13.1 Å². The van der Waals surface area contributed by atoms with Crippen molar-refractivity contribution in [3.8, 4) is 5.69 Å². The van der Waals surface area contributed by atoms with E-state index in [1.807, 2.05) is 16.8 Å². The van der Waals surface area contributed by atoms with Crippen LogP contribution in [0.1, 0.15) is 23.9 Å². The second-order valence-corrected chi connectivity index (χ2v) is 7.65. The van der Waals surface area contributed by atoms with Crippen LogP contribution in [-0.2, 0) is 17.7 Å². The van der Waals surface area contributed by atoms with Crippen molar-refractivity contribution in [1.29, 1.82) is 0 Å². The molecule has 31 heavy (non-hydrogen) atoms. The molecule has 1 aromatic carbocycles. The highest BCUT2D eigenvalue weighted by Crippen LogP contribution is 2.31. The molecule has 8 heteroatoms. The number of nitrogens with one attached hydrogen (secondary N) is 1. The van der Waals surface area contributed by atoms with E-state index in [1.54, 1.807) is 6.26 Å². The first-order chi connectivity index (χ1) is 15.2. The molecule has 0 atom stereocenters. The molecule has 1 aliphatic rings. The van der Waals surface area contributed by atoms with E-state index in [-0.39, 0.29) is 0 Å². The van der Waals surface area contributed by atoms with E-state index in [9.17, 15) is 0 Å². The van der Waals surface area contributed by atoms with Gasteiger partial charge in [0.05, 0.1) is 42.8 Å². The number of benzene rings is 1. The van der Waals surface area contributed by atoms with E-state index in [4.69, 9.17) is 24.2 Å². The molecule has 0 bridgehead atoms. The third kappa shape index (κ3) is 3.86. The number of ether oxygens (including phenoxy) is 1. The first kappa shape index (κ1) is 19.6. The summed E-state index contributed by atoms with van der Waals surface area (Å²) in [5.41, 5.74) is 3.99. The Bertz CT molecular complexity index is 1160. The first-order valence-corrected chi connectivity index (χ1v) is 10.7. The van der Waals surface area contributed by atoms with E-state index in [0.717, 1.165) is 53.5 Å². The minimum atomic E-state index is 0.514. The van der Waals surface area contributed by atoms with E-state index in [0.29, 0.717) is 25.7 Å². The number of hydrogen-bond donors (Lipinski definition) is 1. The van der Waals surface area contributed by atoms with Gasteiger partial charge in [-0.1, -0.05) is 24.6 Å². The average Bonchev–Trinajstić information content (AvgIpc) is 3.46. The molecule has 0 radical (unpaired) electrons. The van der Waals surface area contributed by atoms with Crippen LogP contribution in [0.25, 0.3) is 16.7 Å². The minimum absolute atomic E-state index is 0.514. The number of anilines is 2. The zero-order chi connectivity index (χ0) is 21.2. The standard InChI is InChI=1S/C23H26N6O2/c1-3-19-20-21(28-10-13-30-14-11-28)25-23(24-15-18-5-4-12-31-18)26-22(20)29(27-19)17-8-6-16(2)7-9-17/h4-9,12H,3,10-11,13-15H2,1-2H3,(H,24,25,26). The van der Waals surface area contributed by atoms with Crippen molar-refractivity contribution >= 4 is 22.8 Å². The molecule has 8 nitrogen and oxygen atoms in total.